The highest BCUT2D eigenvalue weighted by atomic mass is 32.2. The van der Waals surface area contributed by atoms with Gasteiger partial charge in [0.05, 0.1) is 19.5 Å². The number of sulfone groups is 1. The zero-order valence-electron chi connectivity index (χ0n) is 23.3. The van der Waals surface area contributed by atoms with Gasteiger partial charge in [0, 0.05) is 25.1 Å². The lowest BCUT2D eigenvalue weighted by Gasteiger charge is -2.22. The molecule has 2 atom stereocenters. The first kappa shape index (κ1) is 30.7. The first-order valence-electron chi connectivity index (χ1n) is 12.4. The van der Waals surface area contributed by atoms with Gasteiger partial charge in [-0.25, -0.2) is 18.4 Å². The van der Waals surface area contributed by atoms with Gasteiger partial charge in [0.25, 0.3) is 0 Å². The van der Waals surface area contributed by atoms with E-state index < -0.39 is 39.1 Å². The third kappa shape index (κ3) is 6.62. The molecule has 224 valence electrons. The molecular formula is C27H28F3N5O6S. The molecule has 2 aromatic heterocycles. The lowest BCUT2D eigenvalue weighted by Crippen LogP contribution is -2.30. The predicted molar refractivity (Wildman–Crippen MR) is 145 cm³/mol. The van der Waals surface area contributed by atoms with Crippen LogP contribution < -0.4 is 14.2 Å². The van der Waals surface area contributed by atoms with E-state index in [1.807, 2.05) is 0 Å². The minimum absolute atomic E-state index is 0.0217. The standard InChI is InChI=1S/C27H28F3N5O6S/c1-16-13-31-25(32-14-16)24(40-5)17(2)42(36,37)15-22-33-34-26(18-8-6-9-19(12-18)41-27(28,29)30)35(22)23-20(38-3)10-7-11-21(23)39-4/h6-14,17,24H,15H2,1-5H3/t17-,24-/m0/s1. The molecule has 0 aliphatic carbocycles. The Morgan fingerprint density at radius 2 is 1.57 bits per heavy atom. The Kier molecular flexibility index (Phi) is 9.01. The van der Waals surface area contributed by atoms with Crippen molar-refractivity contribution in [2.24, 2.45) is 0 Å². The summed E-state index contributed by atoms with van der Waals surface area (Å²) in [7, 11) is 0.133. The number of aromatic nitrogens is 5. The Balaban J connectivity index is 1.85. The number of nitrogens with zero attached hydrogens (tertiary/aromatic N) is 5. The van der Waals surface area contributed by atoms with Crippen molar-refractivity contribution in [3.63, 3.8) is 0 Å². The minimum atomic E-state index is -4.92. The fourth-order valence-corrected chi connectivity index (χ4v) is 5.69. The minimum Gasteiger partial charge on any atom is -0.494 e. The molecule has 0 bridgehead atoms. The van der Waals surface area contributed by atoms with Crippen molar-refractivity contribution in [2.45, 2.75) is 37.3 Å². The number of halogens is 3. The molecule has 11 nitrogen and oxygen atoms in total. The monoisotopic (exact) mass is 607 g/mol. The van der Waals surface area contributed by atoms with Crippen LogP contribution in [0.15, 0.2) is 54.9 Å². The Hall–Kier alpha value is -4.24. The number of ether oxygens (including phenoxy) is 4. The van der Waals surface area contributed by atoms with Crippen LogP contribution in [0.5, 0.6) is 17.2 Å². The second-order valence-electron chi connectivity index (χ2n) is 9.15. The number of benzene rings is 2. The summed E-state index contributed by atoms with van der Waals surface area (Å²) in [5, 5.41) is 7.20. The van der Waals surface area contributed by atoms with Gasteiger partial charge in [0.2, 0.25) is 0 Å². The molecule has 0 fully saturated rings. The van der Waals surface area contributed by atoms with E-state index in [0.29, 0.717) is 0 Å². The van der Waals surface area contributed by atoms with E-state index in [1.165, 1.54) is 45.0 Å². The van der Waals surface area contributed by atoms with Crippen molar-refractivity contribution in [3.8, 4) is 34.3 Å². The van der Waals surface area contributed by atoms with Crippen LogP contribution in [-0.4, -0.2) is 66.1 Å². The van der Waals surface area contributed by atoms with Crippen LogP contribution in [0, 0.1) is 6.92 Å². The number of methoxy groups -OCH3 is 3. The van der Waals surface area contributed by atoms with Crippen molar-refractivity contribution in [1.82, 2.24) is 24.7 Å². The number of alkyl halides is 3. The highest BCUT2D eigenvalue weighted by Crippen LogP contribution is 2.38. The van der Waals surface area contributed by atoms with Gasteiger partial charge in [0.15, 0.2) is 27.3 Å². The number of para-hydroxylation sites is 1. The van der Waals surface area contributed by atoms with E-state index in [2.05, 4.69) is 24.9 Å². The molecule has 0 spiro atoms. The van der Waals surface area contributed by atoms with E-state index in [0.717, 1.165) is 17.7 Å². The van der Waals surface area contributed by atoms with Crippen LogP contribution in [-0.2, 0) is 20.3 Å². The second kappa shape index (κ2) is 12.3. The SMILES string of the molecule is COc1cccc(OC)c1-n1c(CS(=O)(=O)[C@@H](C)[C@H](OC)c2ncc(C)cn2)nnc1-c1cccc(OC(F)(F)F)c1. The molecule has 0 saturated heterocycles. The van der Waals surface area contributed by atoms with Crippen LogP contribution >= 0.6 is 0 Å². The molecule has 0 N–H and O–H groups in total. The summed E-state index contributed by atoms with van der Waals surface area (Å²) in [4.78, 5) is 8.44. The number of hydrogen-bond acceptors (Lipinski definition) is 10. The fourth-order valence-electron chi connectivity index (χ4n) is 4.27. The highest BCUT2D eigenvalue weighted by molar-refractivity contribution is 7.91. The van der Waals surface area contributed by atoms with Gasteiger partial charge in [-0.1, -0.05) is 18.2 Å². The number of rotatable bonds is 11. The number of aryl methyl sites for hydroxylation is 1. The molecule has 15 heteroatoms. The fraction of sp³-hybridized carbons (Fsp3) is 0.333. The van der Waals surface area contributed by atoms with Crippen LogP contribution in [0.25, 0.3) is 17.1 Å². The van der Waals surface area contributed by atoms with Gasteiger partial charge in [-0.15, -0.1) is 23.4 Å². The van der Waals surface area contributed by atoms with Crippen molar-refractivity contribution >= 4 is 9.84 Å². The van der Waals surface area contributed by atoms with Crippen LogP contribution in [0.3, 0.4) is 0 Å². The second-order valence-corrected chi connectivity index (χ2v) is 11.5. The topological polar surface area (TPSA) is 128 Å². The molecule has 0 radical (unpaired) electrons. The molecule has 4 aromatic rings. The molecule has 2 aromatic carbocycles. The Morgan fingerprint density at radius 1 is 0.952 bits per heavy atom. The first-order valence-corrected chi connectivity index (χ1v) is 14.1. The summed E-state index contributed by atoms with van der Waals surface area (Å²) in [6, 6.07) is 9.97. The van der Waals surface area contributed by atoms with Crippen molar-refractivity contribution in [3.05, 3.63) is 72.1 Å². The summed E-state index contributed by atoms with van der Waals surface area (Å²) in [6.45, 7) is 3.27. The van der Waals surface area contributed by atoms with Gasteiger partial charge < -0.3 is 18.9 Å². The van der Waals surface area contributed by atoms with Gasteiger partial charge >= 0.3 is 6.36 Å². The van der Waals surface area contributed by atoms with E-state index >= 15 is 0 Å². The maximum absolute atomic E-state index is 13.8. The van der Waals surface area contributed by atoms with Crippen LogP contribution in [0.2, 0.25) is 0 Å². The Bertz CT molecular complexity index is 1620. The molecule has 2 heterocycles. The van der Waals surface area contributed by atoms with Gasteiger partial charge in [0.1, 0.15) is 34.8 Å². The largest absolute Gasteiger partial charge is 0.573 e. The van der Waals surface area contributed by atoms with Gasteiger partial charge in [-0.3, -0.25) is 4.57 Å². The smallest absolute Gasteiger partial charge is 0.494 e. The molecule has 0 amide bonds. The highest BCUT2D eigenvalue weighted by Gasteiger charge is 2.36. The maximum atomic E-state index is 13.8. The summed E-state index contributed by atoms with van der Waals surface area (Å²) < 4.78 is 88.4. The van der Waals surface area contributed by atoms with Crippen LogP contribution in [0.1, 0.15) is 30.2 Å². The molecule has 0 saturated carbocycles. The Labute approximate surface area is 240 Å². The maximum Gasteiger partial charge on any atom is 0.573 e. The van der Waals surface area contributed by atoms with E-state index in [-0.39, 0.29) is 40.2 Å². The predicted octanol–water partition coefficient (Wildman–Crippen LogP) is 4.64. The van der Waals surface area contributed by atoms with E-state index in [4.69, 9.17) is 14.2 Å². The lowest BCUT2D eigenvalue weighted by molar-refractivity contribution is -0.274. The van der Waals surface area contributed by atoms with Crippen molar-refractivity contribution in [2.75, 3.05) is 21.3 Å². The average molecular weight is 608 g/mol. The summed E-state index contributed by atoms with van der Waals surface area (Å²) in [5.74, 6) is -0.429. The molecule has 0 aliphatic heterocycles. The van der Waals surface area contributed by atoms with E-state index in [1.54, 1.807) is 37.5 Å². The van der Waals surface area contributed by atoms with Crippen LogP contribution in [0.4, 0.5) is 13.2 Å². The third-order valence-corrected chi connectivity index (χ3v) is 8.35. The quantitative estimate of drug-likeness (QED) is 0.238. The summed E-state index contributed by atoms with van der Waals surface area (Å²) in [6.07, 6.45) is -2.81. The molecular weight excluding hydrogens is 579 g/mol. The first-order chi connectivity index (χ1) is 19.9. The zero-order valence-corrected chi connectivity index (χ0v) is 24.1. The number of hydrogen-bond donors (Lipinski definition) is 0. The zero-order chi connectivity index (χ0) is 30.7. The van der Waals surface area contributed by atoms with Crippen molar-refractivity contribution < 1.29 is 40.5 Å². The summed E-state index contributed by atoms with van der Waals surface area (Å²) >= 11 is 0. The average Bonchev–Trinajstić information content (AvgIpc) is 3.35. The lowest BCUT2D eigenvalue weighted by atomic mass is 10.2. The molecule has 0 unspecified atom stereocenters. The van der Waals surface area contributed by atoms with Gasteiger partial charge in [-0.2, -0.15) is 0 Å². The normalized spacial score (nSPS) is 13.4. The molecule has 42 heavy (non-hydrogen) atoms. The van der Waals surface area contributed by atoms with E-state index in [9.17, 15) is 21.6 Å². The summed E-state index contributed by atoms with van der Waals surface area (Å²) in [5.41, 5.74) is 1.20. The molecule has 0 aliphatic rings. The van der Waals surface area contributed by atoms with Crippen molar-refractivity contribution in [1.29, 1.82) is 0 Å². The Morgan fingerprint density at radius 3 is 2.14 bits per heavy atom. The van der Waals surface area contributed by atoms with Gasteiger partial charge in [-0.05, 0) is 43.7 Å². The third-order valence-electron chi connectivity index (χ3n) is 6.31. The molecule has 4 rings (SSSR count).